The molecule has 0 aliphatic heterocycles. The van der Waals surface area contributed by atoms with Gasteiger partial charge < -0.3 is 5.32 Å². The normalized spacial score (nSPS) is 10.4. The first-order chi connectivity index (χ1) is 10.1. The van der Waals surface area contributed by atoms with Crippen LogP contribution in [0.2, 0.25) is 5.02 Å². The fraction of sp³-hybridized carbons (Fsp3) is 0.133. The summed E-state index contributed by atoms with van der Waals surface area (Å²) in [5, 5.41) is 3.04. The van der Waals surface area contributed by atoms with Crippen LogP contribution in [-0.2, 0) is 4.79 Å². The second-order valence-corrected chi connectivity index (χ2v) is 5.75. The van der Waals surface area contributed by atoms with Crippen LogP contribution in [0.25, 0.3) is 0 Å². The first-order valence-electron chi connectivity index (χ1n) is 6.18. The van der Waals surface area contributed by atoms with Crippen LogP contribution in [0.3, 0.4) is 0 Å². The lowest BCUT2D eigenvalue weighted by Crippen LogP contribution is -2.13. The van der Waals surface area contributed by atoms with Crippen LogP contribution >= 0.6 is 23.4 Å². The van der Waals surface area contributed by atoms with Gasteiger partial charge in [0.05, 0.1) is 10.7 Å². The van der Waals surface area contributed by atoms with Gasteiger partial charge in [-0.3, -0.25) is 4.79 Å². The first kappa shape index (κ1) is 15.8. The van der Waals surface area contributed by atoms with Crippen molar-refractivity contribution in [2.45, 2.75) is 11.3 Å². The van der Waals surface area contributed by atoms with E-state index in [-0.39, 0.29) is 18.0 Å². The lowest BCUT2D eigenvalue weighted by atomic mass is 10.3. The van der Waals surface area contributed by atoms with E-state index in [0.29, 0.717) is 10.8 Å². The van der Waals surface area contributed by atoms with Gasteiger partial charge in [-0.1, -0.05) is 23.7 Å². The number of hydrogen-bond acceptors (Lipinski definition) is 2. The third kappa shape index (κ3) is 4.72. The van der Waals surface area contributed by atoms with Crippen molar-refractivity contribution in [1.82, 2.24) is 0 Å². The molecular weight excluding hydrogens is 316 g/mol. The number of carbonyl (C=O) groups is 1. The number of halogens is 3. The van der Waals surface area contributed by atoms with E-state index in [4.69, 9.17) is 11.6 Å². The van der Waals surface area contributed by atoms with Crippen molar-refractivity contribution in [3.05, 3.63) is 59.1 Å². The molecule has 2 aromatic rings. The van der Waals surface area contributed by atoms with Gasteiger partial charge in [0.1, 0.15) is 11.6 Å². The number of amides is 1. The predicted molar refractivity (Wildman–Crippen MR) is 81.8 cm³/mol. The van der Waals surface area contributed by atoms with Gasteiger partial charge in [-0.25, -0.2) is 8.78 Å². The molecule has 2 rings (SSSR count). The summed E-state index contributed by atoms with van der Waals surface area (Å²) in [7, 11) is 0. The van der Waals surface area contributed by atoms with Gasteiger partial charge in [0.2, 0.25) is 5.91 Å². The van der Waals surface area contributed by atoms with Crippen LogP contribution in [0.4, 0.5) is 14.5 Å². The second-order valence-electron chi connectivity index (χ2n) is 4.20. The van der Waals surface area contributed by atoms with Gasteiger partial charge in [0.25, 0.3) is 0 Å². The van der Waals surface area contributed by atoms with E-state index >= 15 is 0 Å². The summed E-state index contributed by atoms with van der Waals surface area (Å²) >= 11 is 7.44. The minimum atomic E-state index is -0.790. The maximum atomic E-state index is 13.4. The Balaban J connectivity index is 1.84. The molecule has 0 aliphatic rings. The third-order valence-electron chi connectivity index (χ3n) is 2.63. The number of hydrogen-bond donors (Lipinski definition) is 1. The number of rotatable bonds is 5. The van der Waals surface area contributed by atoms with E-state index in [9.17, 15) is 13.6 Å². The van der Waals surface area contributed by atoms with E-state index in [1.165, 1.54) is 17.8 Å². The largest absolute Gasteiger partial charge is 0.324 e. The molecule has 0 spiro atoms. The molecule has 1 N–H and O–H groups in total. The molecule has 0 atom stereocenters. The molecule has 0 saturated heterocycles. The molecule has 2 aromatic carbocycles. The zero-order valence-electron chi connectivity index (χ0n) is 10.9. The topological polar surface area (TPSA) is 29.1 Å². The van der Waals surface area contributed by atoms with Crippen LogP contribution in [0.1, 0.15) is 6.42 Å². The summed E-state index contributed by atoms with van der Waals surface area (Å²) in [6.07, 6.45) is 0.201. The highest BCUT2D eigenvalue weighted by Crippen LogP contribution is 2.27. The van der Waals surface area contributed by atoms with Crippen LogP contribution < -0.4 is 5.32 Å². The zero-order chi connectivity index (χ0) is 15.2. The molecule has 0 aliphatic carbocycles. The summed E-state index contributed by atoms with van der Waals surface area (Å²) in [4.78, 5) is 12.6. The van der Waals surface area contributed by atoms with E-state index in [1.54, 1.807) is 6.07 Å². The van der Waals surface area contributed by atoms with E-state index in [2.05, 4.69) is 5.32 Å². The lowest BCUT2D eigenvalue weighted by Gasteiger charge is -2.07. The van der Waals surface area contributed by atoms with Crippen molar-refractivity contribution in [1.29, 1.82) is 0 Å². The Morgan fingerprint density at radius 1 is 1.19 bits per heavy atom. The minimum Gasteiger partial charge on any atom is -0.324 e. The van der Waals surface area contributed by atoms with Crippen LogP contribution in [-0.4, -0.2) is 11.7 Å². The molecule has 0 saturated carbocycles. The van der Waals surface area contributed by atoms with Crippen molar-refractivity contribution in [3.63, 3.8) is 0 Å². The Hall–Kier alpha value is -1.59. The fourth-order valence-electron chi connectivity index (χ4n) is 1.62. The molecule has 1 amide bonds. The molecular formula is C15H12ClF2NOS. The van der Waals surface area contributed by atoms with Gasteiger partial charge in [-0.2, -0.15) is 0 Å². The molecule has 0 bridgehead atoms. The number of carbonyl (C=O) groups excluding carboxylic acids is 1. The highest BCUT2D eigenvalue weighted by Gasteiger charge is 2.08. The molecule has 110 valence electrons. The highest BCUT2D eigenvalue weighted by molar-refractivity contribution is 7.99. The Morgan fingerprint density at radius 2 is 1.95 bits per heavy atom. The van der Waals surface area contributed by atoms with Crippen molar-refractivity contribution < 1.29 is 13.6 Å². The van der Waals surface area contributed by atoms with Gasteiger partial charge in [-0.15, -0.1) is 11.8 Å². The van der Waals surface area contributed by atoms with Crippen molar-refractivity contribution in [3.8, 4) is 0 Å². The highest BCUT2D eigenvalue weighted by atomic mass is 35.5. The van der Waals surface area contributed by atoms with Crippen molar-refractivity contribution in [2.75, 3.05) is 11.1 Å². The van der Waals surface area contributed by atoms with Crippen molar-refractivity contribution >= 4 is 35.0 Å². The lowest BCUT2D eigenvalue weighted by molar-refractivity contribution is -0.115. The van der Waals surface area contributed by atoms with E-state index in [1.807, 2.05) is 18.2 Å². The number of anilines is 1. The Labute approximate surface area is 130 Å². The summed E-state index contributed by atoms with van der Waals surface area (Å²) < 4.78 is 26.1. The first-order valence-corrected chi connectivity index (χ1v) is 7.55. The molecule has 0 heterocycles. The standard InChI is InChI=1S/C15H12ClF2NOS/c16-11-3-1-2-4-14(11)21-8-7-15(20)19-13-6-5-10(17)9-12(13)18/h1-6,9H,7-8H2,(H,19,20). The van der Waals surface area contributed by atoms with Crippen molar-refractivity contribution in [2.24, 2.45) is 0 Å². The summed E-state index contributed by atoms with van der Waals surface area (Å²) in [5.41, 5.74) is -0.0239. The van der Waals surface area contributed by atoms with Crippen LogP contribution in [0.15, 0.2) is 47.4 Å². The van der Waals surface area contributed by atoms with Crippen LogP contribution in [0.5, 0.6) is 0 Å². The molecule has 0 unspecified atom stereocenters. The molecule has 0 fully saturated rings. The number of benzene rings is 2. The molecule has 2 nitrogen and oxygen atoms in total. The minimum absolute atomic E-state index is 0.0239. The van der Waals surface area contributed by atoms with Gasteiger partial charge in [0.15, 0.2) is 0 Å². The molecule has 0 aromatic heterocycles. The van der Waals surface area contributed by atoms with Gasteiger partial charge >= 0.3 is 0 Å². The Bertz CT molecular complexity index is 651. The maximum Gasteiger partial charge on any atom is 0.225 e. The molecule has 21 heavy (non-hydrogen) atoms. The van der Waals surface area contributed by atoms with Gasteiger partial charge in [0, 0.05) is 23.1 Å². The molecule has 0 radical (unpaired) electrons. The Morgan fingerprint density at radius 3 is 2.67 bits per heavy atom. The summed E-state index contributed by atoms with van der Waals surface area (Å²) in [6.45, 7) is 0. The smallest absolute Gasteiger partial charge is 0.225 e. The monoisotopic (exact) mass is 327 g/mol. The maximum absolute atomic E-state index is 13.4. The van der Waals surface area contributed by atoms with Gasteiger partial charge in [-0.05, 0) is 24.3 Å². The average molecular weight is 328 g/mol. The van der Waals surface area contributed by atoms with Crippen LogP contribution in [0, 0.1) is 11.6 Å². The van der Waals surface area contributed by atoms with E-state index in [0.717, 1.165) is 17.0 Å². The predicted octanol–water partition coefficient (Wildman–Crippen LogP) is 4.74. The number of nitrogens with one attached hydrogen (secondary N) is 1. The number of thioether (sulfide) groups is 1. The quantitative estimate of drug-likeness (QED) is 0.804. The van der Waals surface area contributed by atoms with E-state index < -0.39 is 11.6 Å². The average Bonchev–Trinajstić information content (AvgIpc) is 2.44. The second kappa shape index (κ2) is 7.43. The summed E-state index contributed by atoms with van der Waals surface area (Å²) in [5.74, 6) is -1.29. The SMILES string of the molecule is O=C(CCSc1ccccc1Cl)Nc1ccc(F)cc1F. The summed E-state index contributed by atoms with van der Waals surface area (Å²) in [6, 6.07) is 10.4. The molecule has 6 heteroatoms. The Kier molecular flexibility index (Phi) is 5.59. The zero-order valence-corrected chi connectivity index (χ0v) is 12.5. The third-order valence-corrected chi connectivity index (χ3v) is 4.15. The fourth-order valence-corrected chi connectivity index (χ4v) is 2.81.